The highest BCUT2D eigenvalue weighted by molar-refractivity contribution is 9.11. The number of carboxylic acids is 1. The number of hydrogen-bond acceptors (Lipinski definition) is 4. The minimum Gasteiger partial charge on any atom is -0.478 e. The molecule has 2 aromatic heterocycles. The van der Waals surface area contributed by atoms with Crippen molar-refractivity contribution in [2.45, 2.75) is 0 Å². The molecule has 18 heavy (non-hydrogen) atoms. The number of carboxylic acid groups (broad SMARTS) is 1. The highest BCUT2D eigenvalue weighted by Crippen LogP contribution is 2.30. The van der Waals surface area contributed by atoms with Gasteiger partial charge in [0, 0.05) is 16.9 Å². The van der Waals surface area contributed by atoms with Gasteiger partial charge in [0.25, 0.3) is 0 Å². The van der Waals surface area contributed by atoms with Crippen LogP contribution in [0.4, 0.5) is 0 Å². The van der Waals surface area contributed by atoms with E-state index in [2.05, 4.69) is 41.8 Å². The van der Waals surface area contributed by atoms with E-state index in [9.17, 15) is 4.79 Å². The SMILES string of the molecule is O=C(O)c1ccncc1Oc1ncc(Br)cc1Br. The molecule has 7 heteroatoms. The van der Waals surface area contributed by atoms with Gasteiger partial charge in [-0.05, 0) is 44.0 Å². The van der Waals surface area contributed by atoms with E-state index in [-0.39, 0.29) is 17.2 Å². The summed E-state index contributed by atoms with van der Waals surface area (Å²) in [6.45, 7) is 0. The van der Waals surface area contributed by atoms with E-state index >= 15 is 0 Å². The van der Waals surface area contributed by atoms with Crippen molar-refractivity contribution in [1.29, 1.82) is 0 Å². The Morgan fingerprint density at radius 3 is 2.78 bits per heavy atom. The lowest BCUT2D eigenvalue weighted by Crippen LogP contribution is -2.01. The van der Waals surface area contributed by atoms with Gasteiger partial charge in [0.2, 0.25) is 5.88 Å². The van der Waals surface area contributed by atoms with Gasteiger partial charge in [0.05, 0.1) is 10.7 Å². The van der Waals surface area contributed by atoms with Gasteiger partial charge < -0.3 is 9.84 Å². The van der Waals surface area contributed by atoms with Gasteiger partial charge in [-0.3, -0.25) is 4.98 Å². The molecule has 1 N–H and O–H groups in total. The van der Waals surface area contributed by atoms with Gasteiger partial charge in [0.1, 0.15) is 5.56 Å². The van der Waals surface area contributed by atoms with Crippen molar-refractivity contribution in [3.05, 3.63) is 45.2 Å². The van der Waals surface area contributed by atoms with E-state index in [1.807, 2.05) is 0 Å². The second kappa shape index (κ2) is 5.45. The van der Waals surface area contributed by atoms with Crippen molar-refractivity contribution in [1.82, 2.24) is 9.97 Å². The first-order valence-corrected chi connectivity index (χ1v) is 6.32. The maximum Gasteiger partial charge on any atom is 0.339 e. The molecule has 0 fully saturated rings. The molecule has 0 saturated heterocycles. The Morgan fingerprint density at radius 1 is 1.33 bits per heavy atom. The number of hydrogen-bond donors (Lipinski definition) is 1. The van der Waals surface area contributed by atoms with Crippen LogP contribution in [-0.2, 0) is 0 Å². The number of rotatable bonds is 3. The van der Waals surface area contributed by atoms with Crippen LogP contribution in [0.15, 0.2) is 39.7 Å². The molecule has 0 aliphatic heterocycles. The fraction of sp³-hybridized carbons (Fsp3) is 0. The first-order valence-electron chi connectivity index (χ1n) is 4.74. The third kappa shape index (κ3) is 2.85. The molecule has 0 bridgehead atoms. The van der Waals surface area contributed by atoms with Crippen molar-refractivity contribution in [3.8, 4) is 11.6 Å². The maximum atomic E-state index is 11.0. The zero-order valence-corrected chi connectivity index (χ0v) is 12.0. The number of pyridine rings is 2. The number of nitrogens with zero attached hydrogens (tertiary/aromatic N) is 2. The predicted octanol–water partition coefficient (Wildman–Crippen LogP) is 3.49. The van der Waals surface area contributed by atoms with Crippen LogP contribution in [0.25, 0.3) is 0 Å². The Balaban J connectivity index is 2.37. The van der Waals surface area contributed by atoms with Crippen molar-refractivity contribution < 1.29 is 14.6 Å². The van der Waals surface area contributed by atoms with Crippen molar-refractivity contribution >= 4 is 37.8 Å². The lowest BCUT2D eigenvalue weighted by molar-refractivity contribution is 0.0694. The van der Waals surface area contributed by atoms with Crippen LogP contribution in [-0.4, -0.2) is 21.0 Å². The summed E-state index contributed by atoms with van der Waals surface area (Å²) in [5.41, 5.74) is 0.0293. The highest BCUT2D eigenvalue weighted by atomic mass is 79.9. The minimum absolute atomic E-state index is 0.0293. The van der Waals surface area contributed by atoms with Crippen LogP contribution in [0.3, 0.4) is 0 Å². The topological polar surface area (TPSA) is 72.3 Å². The molecule has 0 radical (unpaired) electrons. The summed E-state index contributed by atoms with van der Waals surface area (Å²) in [4.78, 5) is 18.9. The molecule has 92 valence electrons. The lowest BCUT2D eigenvalue weighted by atomic mass is 10.2. The Hall–Kier alpha value is -1.47. The average molecular weight is 374 g/mol. The van der Waals surface area contributed by atoms with E-state index in [1.165, 1.54) is 18.5 Å². The lowest BCUT2D eigenvalue weighted by Gasteiger charge is -2.08. The summed E-state index contributed by atoms with van der Waals surface area (Å²) in [6.07, 6.45) is 4.27. The number of aromatic nitrogens is 2. The van der Waals surface area contributed by atoms with Crippen LogP contribution in [0.5, 0.6) is 11.6 Å². The summed E-state index contributed by atoms with van der Waals surface area (Å²) in [7, 11) is 0. The molecular formula is C11H6Br2N2O3. The van der Waals surface area contributed by atoms with E-state index in [1.54, 1.807) is 12.3 Å². The minimum atomic E-state index is -1.08. The molecule has 0 unspecified atom stereocenters. The molecule has 2 aromatic rings. The molecule has 0 aliphatic rings. The standard InChI is InChI=1S/C11H6Br2N2O3/c12-6-3-8(13)10(15-4-6)18-9-5-14-2-1-7(9)11(16)17/h1-5H,(H,16,17). The zero-order valence-electron chi connectivity index (χ0n) is 8.80. The molecule has 0 atom stereocenters. The van der Waals surface area contributed by atoms with Crippen molar-refractivity contribution in [2.24, 2.45) is 0 Å². The van der Waals surface area contributed by atoms with Crippen LogP contribution in [0.2, 0.25) is 0 Å². The fourth-order valence-electron chi connectivity index (χ4n) is 1.22. The molecule has 2 heterocycles. The fourth-order valence-corrected chi connectivity index (χ4v) is 2.29. The second-order valence-electron chi connectivity index (χ2n) is 3.22. The zero-order chi connectivity index (χ0) is 13.1. The van der Waals surface area contributed by atoms with Crippen LogP contribution >= 0.6 is 31.9 Å². The third-order valence-electron chi connectivity index (χ3n) is 2.00. The van der Waals surface area contributed by atoms with Gasteiger partial charge in [-0.25, -0.2) is 9.78 Å². The number of aromatic carboxylic acids is 1. The largest absolute Gasteiger partial charge is 0.478 e. The predicted molar refractivity (Wildman–Crippen MR) is 70.9 cm³/mol. The smallest absolute Gasteiger partial charge is 0.339 e. The summed E-state index contributed by atoms with van der Waals surface area (Å²) < 4.78 is 6.83. The molecule has 0 aromatic carbocycles. The molecule has 5 nitrogen and oxygen atoms in total. The van der Waals surface area contributed by atoms with Gasteiger partial charge in [-0.15, -0.1) is 0 Å². The van der Waals surface area contributed by atoms with Crippen molar-refractivity contribution in [3.63, 3.8) is 0 Å². The van der Waals surface area contributed by atoms with E-state index < -0.39 is 5.97 Å². The Morgan fingerprint density at radius 2 is 2.11 bits per heavy atom. The normalized spacial score (nSPS) is 10.1. The van der Waals surface area contributed by atoms with Gasteiger partial charge in [0.15, 0.2) is 5.75 Å². The van der Waals surface area contributed by atoms with Crippen LogP contribution in [0, 0.1) is 0 Å². The van der Waals surface area contributed by atoms with E-state index in [0.29, 0.717) is 4.47 Å². The molecule has 0 aliphatic carbocycles. The average Bonchev–Trinajstić information content (AvgIpc) is 2.33. The summed E-state index contributed by atoms with van der Waals surface area (Å²) in [6, 6.07) is 3.11. The number of halogens is 2. The van der Waals surface area contributed by atoms with Gasteiger partial charge >= 0.3 is 5.97 Å². The Kier molecular flexibility index (Phi) is 3.93. The molecule has 0 saturated carbocycles. The summed E-state index contributed by atoms with van der Waals surface area (Å²) in [5.74, 6) is -0.671. The highest BCUT2D eigenvalue weighted by Gasteiger charge is 2.13. The maximum absolute atomic E-state index is 11.0. The van der Waals surface area contributed by atoms with Crippen LogP contribution < -0.4 is 4.74 Å². The summed E-state index contributed by atoms with van der Waals surface area (Å²) in [5, 5.41) is 9.01. The van der Waals surface area contributed by atoms with Gasteiger partial charge in [-0.1, -0.05) is 0 Å². The third-order valence-corrected chi connectivity index (χ3v) is 3.00. The van der Waals surface area contributed by atoms with Crippen LogP contribution in [0.1, 0.15) is 10.4 Å². The number of carbonyl (C=O) groups is 1. The second-order valence-corrected chi connectivity index (χ2v) is 4.99. The Labute approximate surface area is 119 Å². The first-order chi connectivity index (χ1) is 8.58. The molecule has 2 rings (SSSR count). The number of ether oxygens (including phenoxy) is 1. The monoisotopic (exact) mass is 372 g/mol. The van der Waals surface area contributed by atoms with Gasteiger partial charge in [-0.2, -0.15) is 0 Å². The Bertz CT molecular complexity index is 605. The molecular weight excluding hydrogens is 368 g/mol. The first kappa shape index (κ1) is 13.0. The summed E-state index contributed by atoms with van der Waals surface area (Å²) >= 11 is 6.55. The van der Waals surface area contributed by atoms with E-state index in [4.69, 9.17) is 9.84 Å². The van der Waals surface area contributed by atoms with Crippen molar-refractivity contribution in [2.75, 3.05) is 0 Å². The molecule has 0 amide bonds. The quantitative estimate of drug-likeness (QED) is 0.891. The van der Waals surface area contributed by atoms with E-state index in [0.717, 1.165) is 4.47 Å². The molecule has 0 spiro atoms.